The van der Waals surface area contributed by atoms with E-state index in [-0.39, 0.29) is 16.5 Å². The van der Waals surface area contributed by atoms with Crippen LogP contribution in [0, 0.1) is 0 Å². The molecule has 1 amide bonds. The Morgan fingerprint density at radius 3 is 2.52 bits per heavy atom. The fourth-order valence-corrected chi connectivity index (χ4v) is 4.72. The van der Waals surface area contributed by atoms with Crippen LogP contribution in [0.5, 0.6) is 5.75 Å². The average Bonchev–Trinajstić information content (AvgIpc) is 2.62. The Bertz CT molecular complexity index is 917. The number of hydrogen-bond donors (Lipinski definition) is 1. The van der Waals surface area contributed by atoms with E-state index >= 15 is 0 Å². The second-order valence-electron chi connectivity index (χ2n) is 5.53. The SMILES string of the molecule is CCN(CC)S(=O)(=O)c1cc(NC(=O)COc2cccc(Br)c2)ccc1Cl. The minimum atomic E-state index is -3.74. The zero-order valence-corrected chi connectivity index (χ0v) is 18.1. The van der Waals surface area contributed by atoms with Crippen molar-refractivity contribution in [1.29, 1.82) is 0 Å². The molecule has 0 bridgehead atoms. The van der Waals surface area contributed by atoms with Gasteiger partial charge in [0.15, 0.2) is 6.61 Å². The summed E-state index contributed by atoms with van der Waals surface area (Å²) in [6.07, 6.45) is 0. The largest absolute Gasteiger partial charge is 0.484 e. The molecule has 2 aromatic carbocycles. The van der Waals surface area contributed by atoms with Crippen LogP contribution in [0.15, 0.2) is 51.8 Å². The van der Waals surface area contributed by atoms with Crippen molar-refractivity contribution in [1.82, 2.24) is 4.31 Å². The van der Waals surface area contributed by atoms with Crippen LogP contribution in [0.25, 0.3) is 0 Å². The first-order valence-corrected chi connectivity index (χ1v) is 10.9. The van der Waals surface area contributed by atoms with Gasteiger partial charge in [0, 0.05) is 23.2 Å². The number of rotatable bonds is 8. The van der Waals surface area contributed by atoms with Gasteiger partial charge in [-0.15, -0.1) is 0 Å². The molecule has 27 heavy (non-hydrogen) atoms. The second-order valence-corrected chi connectivity index (χ2v) is 8.76. The maximum atomic E-state index is 12.7. The summed E-state index contributed by atoms with van der Waals surface area (Å²) in [6.45, 7) is 3.94. The van der Waals surface area contributed by atoms with Gasteiger partial charge in [-0.05, 0) is 36.4 Å². The topological polar surface area (TPSA) is 75.7 Å². The van der Waals surface area contributed by atoms with Crippen molar-refractivity contribution in [2.75, 3.05) is 25.0 Å². The van der Waals surface area contributed by atoms with Crippen LogP contribution in [-0.4, -0.2) is 38.3 Å². The Hall–Kier alpha value is -1.61. The van der Waals surface area contributed by atoms with E-state index < -0.39 is 15.9 Å². The third kappa shape index (κ3) is 5.68. The summed E-state index contributed by atoms with van der Waals surface area (Å²) in [5, 5.41) is 2.73. The van der Waals surface area contributed by atoms with E-state index in [0.29, 0.717) is 24.5 Å². The van der Waals surface area contributed by atoms with Crippen molar-refractivity contribution in [2.45, 2.75) is 18.7 Å². The fraction of sp³-hybridized carbons (Fsp3) is 0.278. The third-order valence-electron chi connectivity index (χ3n) is 3.70. The molecular formula is C18H20BrClN2O4S. The molecule has 0 aliphatic heterocycles. The van der Waals surface area contributed by atoms with Gasteiger partial charge >= 0.3 is 0 Å². The normalized spacial score (nSPS) is 11.4. The monoisotopic (exact) mass is 474 g/mol. The lowest BCUT2D eigenvalue weighted by Crippen LogP contribution is -2.31. The van der Waals surface area contributed by atoms with Crippen molar-refractivity contribution >= 4 is 49.1 Å². The molecule has 0 atom stereocenters. The first-order chi connectivity index (χ1) is 12.8. The van der Waals surface area contributed by atoms with E-state index in [0.717, 1.165) is 4.47 Å². The standard InChI is InChI=1S/C18H20BrClN2O4S/c1-3-22(4-2)27(24,25)17-11-14(8-9-16(17)20)21-18(23)12-26-15-7-5-6-13(19)10-15/h5-11H,3-4,12H2,1-2H3,(H,21,23). The number of nitrogens with zero attached hydrogens (tertiary/aromatic N) is 1. The molecule has 6 nitrogen and oxygen atoms in total. The highest BCUT2D eigenvalue weighted by Gasteiger charge is 2.25. The van der Waals surface area contributed by atoms with Crippen molar-refractivity contribution in [3.8, 4) is 5.75 Å². The molecular weight excluding hydrogens is 456 g/mol. The second kappa shape index (κ2) is 9.54. The molecule has 0 heterocycles. The molecule has 0 fully saturated rings. The number of sulfonamides is 1. The minimum absolute atomic E-state index is 0.0430. The maximum absolute atomic E-state index is 12.7. The fourth-order valence-electron chi connectivity index (χ4n) is 2.38. The average molecular weight is 476 g/mol. The molecule has 0 aliphatic carbocycles. The summed E-state index contributed by atoms with van der Waals surface area (Å²) >= 11 is 9.41. The highest BCUT2D eigenvalue weighted by molar-refractivity contribution is 9.10. The van der Waals surface area contributed by atoms with Gasteiger partial charge in [0.25, 0.3) is 5.91 Å². The molecule has 0 saturated heterocycles. The van der Waals surface area contributed by atoms with E-state index in [9.17, 15) is 13.2 Å². The van der Waals surface area contributed by atoms with E-state index in [1.165, 1.54) is 16.4 Å². The number of amides is 1. The molecule has 2 rings (SSSR count). The van der Waals surface area contributed by atoms with Gasteiger partial charge in [-0.25, -0.2) is 8.42 Å². The van der Waals surface area contributed by atoms with Crippen LogP contribution in [0.2, 0.25) is 5.02 Å². The van der Waals surface area contributed by atoms with Gasteiger partial charge in [-0.3, -0.25) is 4.79 Å². The zero-order valence-electron chi connectivity index (χ0n) is 14.9. The van der Waals surface area contributed by atoms with Gasteiger partial charge in [-0.1, -0.05) is 47.4 Å². The Balaban J connectivity index is 2.12. The molecule has 0 saturated carbocycles. The van der Waals surface area contributed by atoms with Gasteiger partial charge in [0.05, 0.1) is 5.02 Å². The van der Waals surface area contributed by atoms with Crippen LogP contribution >= 0.6 is 27.5 Å². The molecule has 146 valence electrons. The summed E-state index contributed by atoms with van der Waals surface area (Å²) in [6, 6.07) is 11.5. The highest BCUT2D eigenvalue weighted by atomic mass is 79.9. The summed E-state index contributed by atoms with van der Waals surface area (Å²) in [5.74, 6) is 0.129. The molecule has 0 unspecified atom stereocenters. The molecule has 2 aromatic rings. The smallest absolute Gasteiger partial charge is 0.262 e. The van der Waals surface area contributed by atoms with Gasteiger partial charge in [0.1, 0.15) is 10.6 Å². The molecule has 9 heteroatoms. The Morgan fingerprint density at radius 2 is 1.89 bits per heavy atom. The van der Waals surface area contributed by atoms with Crippen molar-refractivity contribution in [2.24, 2.45) is 0 Å². The number of carbonyl (C=O) groups excluding carboxylic acids is 1. The van der Waals surface area contributed by atoms with Crippen LogP contribution < -0.4 is 10.1 Å². The first kappa shape index (κ1) is 21.7. The molecule has 1 N–H and O–H groups in total. The molecule has 0 aliphatic rings. The van der Waals surface area contributed by atoms with E-state index in [1.807, 2.05) is 6.07 Å². The Kier molecular flexibility index (Phi) is 7.67. The van der Waals surface area contributed by atoms with Crippen LogP contribution in [0.3, 0.4) is 0 Å². The number of anilines is 1. The molecule has 0 aromatic heterocycles. The first-order valence-electron chi connectivity index (χ1n) is 8.25. The summed E-state index contributed by atoms with van der Waals surface area (Å²) in [4.78, 5) is 12.1. The van der Waals surface area contributed by atoms with Gasteiger partial charge in [-0.2, -0.15) is 4.31 Å². The van der Waals surface area contributed by atoms with Gasteiger partial charge in [0.2, 0.25) is 10.0 Å². The molecule has 0 radical (unpaired) electrons. The third-order valence-corrected chi connectivity index (χ3v) is 6.73. The molecule has 0 spiro atoms. The van der Waals surface area contributed by atoms with Crippen LogP contribution in [0.4, 0.5) is 5.69 Å². The van der Waals surface area contributed by atoms with E-state index in [2.05, 4.69) is 21.2 Å². The summed E-state index contributed by atoms with van der Waals surface area (Å²) in [7, 11) is -3.74. The summed E-state index contributed by atoms with van der Waals surface area (Å²) < 4.78 is 33.0. The quantitative estimate of drug-likeness (QED) is 0.622. The Labute approximate surface area is 172 Å². The van der Waals surface area contributed by atoms with Gasteiger partial charge < -0.3 is 10.1 Å². The number of nitrogens with one attached hydrogen (secondary N) is 1. The van der Waals surface area contributed by atoms with Crippen LogP contribution in [-0.2, 0) is 14.8 Å². The highest BCUT2D eigenvalue weighted by Crippen LogP contribution is 2.27. The lowest BCUT2D eigenvalue weighted by atomic mass is 10.3. The van der Waals surface area contributed by atoms with Crippen molar-refractivity contribution in [3.05, 3.63) is 52.0 Å². The van der Waals surface area contributed by atoms with Crippen LogP contribution in [0.1, 0.15) is 13.8 Å². The Morgan fingerprint density at radius 1 is 1.19 bits per heavy atom. The number of benzene rings is 2. The lowest BCUT2D eigenvalue weighted by molar-refractivity contribution is -0.118. The predicted octanol–water partition coefficient (Wildman–Crippen LogP) is 4.15. The maximum Gasteiger partial charge on any atom is 0.262 e. The lowest BCUT2D eigenvalue weighted by Gasteiger charge is -2.19. The zero-order chi connectivity index (χ0) is 20.0. The van der Waals surface area contributed by atoms with Crippen molar-refractivity contribution < 1.29 is 17.9 Å². The summed E-state index contributed by atoms with van der Waals surface area (Å²) in [5.41, 5.74) is 0.327. The number of halogens is 2. The number of hydrogen-bond acceptors (Lipinski definition) is 4. The predicted molar refractivity (Wildman–Crippen MR) is 110 cm³/mol. The van der Waals surface area contributed by atoms with E-state index in [4.69, 9.17) is 16.3 Å². The number of carbonyl (C=O) groups is 1. The van der Waals surface area contributed by atoms with E-state index in [1.54, 1.807) is 38.1 Å². The minimum Gasteiger partial charge on any atom is -0.484 e. The number of ether oxygens (including phenoxy) is 1. The van der Waals surface area contributed by atoms with Crippen molar-refractivity contribution in [3.63, 3.8) is 0 Å².